The molecule has 0 radical (unpaired) electrons. The van der Waals surface area contributed by atoms with E-state index in [1.807, 2.05) is 34.9 Å². The monoisotopic (exact) mass is 320 g/mol. The molecule has 0 spiro atoms. The highest BCUT2D eigenvalue weighted by atomic mass is 35.5. The number of rotatable bonds is 2. The second-order valence-corrected chi connectivity index (χ2v) is 5.03. The number of nitrogens with two attached hydrogens (primary N) is 2. The van der Waals surface area contributed by atoms with Crippen molar-refractivity contribution in [2.75, 3.05) is 0 Å². The first-order valence-corrected chi connectivity index (χ1v) is 6.76. The maximum Gasteiger partial charge on any atom is 0.253 e. The molecule has 1 amide bonds. The highest BCUT2D eigenvalue weighted by Gasteiger charge is 2.28. The Morgan fingerprint density at radius 2 is 1.95 bits per heavy atom. The highest BCUT2D eigenvalue weighted by molar-refractivity contribution is 5.92. The van der Waals surface area contributed by atoms with Gasteiger partial charge in [0.2, 0.25) is 0 Å². The van der Waals surface area contributed by atoms with Gasteiger partial charge in [0.25, 0.3) is 5.91 Å². The van der Waals surface area contributed by atoms with Crippen LogP contribution in [0.1, 0.15) is 12.2 Å². The predicted molar refractivity (Wildman–Crippen MR) is 85.3 cm³/mol. The maximum atomic E-state index is 12.0. The fourth-order valence-corrected chi connectivity index (χ4v) is 2.55. The number of nitrogens with zero attached hydrogens (tertiary/aromatic N) is 4. The van der Waals surface area contributed by atoms with Crippen molar-refractivity contribution < 1.29 is 4.79 Å². The van der Waals surface area contributed by atoms with Crippen LogP contribution >= 0.6 is 12.4 Å². The fraction of sp³-hybridized carbons (Fsp3) is 0.286. The SMILES string of the molecule is Cl.NC(N)=NC(=O)C1CCc2nnc(-c3ccccc3)n2C1. The van der Waals surface area contributed by atoms with Crippen LogP contribution in [0, 0.1) is 5.92 Å². The summed E-state index contributed by atoms with van der Waals surface area (Å²) < 4.78 is 1.98. The zero-order valence-electron chi connectivity index (χ0n) is 11.8. The summed E-state index contributed by atoms with van der Waals surface area (Å²) in [6.45, 7) is 0.502. The van der Waals surface area contributed by atoms with Crippen molar-refractivity contribution in [3.05, 3.63) is 36.2 Å². The summed E-state index contributed by atoms with van der Waals surface area (Å²) in [7, 11) is 0. The average Bonchev–Trinajstić information content (AvgIpc) is 2.90. The van der Waals surface area contributed by atoms with Crippen LogP contribution in [0.4, 0.5) is 0 Å². The molecule has 8 heteroatoms. The maximum absolute atomic E-state index is 12.0. The summed E-state index contributed by atoms with van der Waals surface area (Å²) in [5.74, 6) is 0.944. The third kappa shape index (κ3) is 3.09. The van der Waals surface area contributed by atoms with Gasteiger partial charge >= 0.3 is 0 Å². The second-order valence-electron chi connectivity index (χ2n) is 5.03. The van der Waals surface area contributed by atoms with Crippen molar-refractivity contribution in [1.29, 1.82) is 0 Å². The lowest BCUT2D eigenvalue weighted by Crippen LogP contribution is -2.30. The van der Waals surface area contributed by atoms with E-state index in [2.05, 4.69) is 15.2 Å². The van der Waals surface area contributed by atoms with E-state index in [-0.39, 0.29) is 30.2 Å². The zero-order valence-corrected chi connectivity index (χ0v) is 12.7. The second kappa shape index (κ2) is 6.57. The third-order valence-electron chi connectivity index (χ3n) is 3.57. The van der Waals surface area contributed by atoms with Gasteiger partial charge in [-0.3, -0.25) is 4.79 Å². The van der Waals surface area contributed by atoms with Crippen LogP contribution in [-0.2, 0) is 17.8 Å². The number of hydrogen-bond donors (Lipinski definition) is 2. The molecular weight excluding hydrogens is 304 g/mol. The molecule has 0 bridgehead atoms. The molecule has 2 heterocycles. The van der Waals surface area contributed by atoms with Gasteiger partial charge < -0.3 is 16.0 Å². The quantitative estimate of drug-likeness (QED) is 0.625. The summed E-state index contributed by atoms with van der Waals surface area (Å²) >= 11 is 0. The molecule has 0 fully saturated rings. The Balaban J connectivity index is 0.00000176. The molecule has 0 aliphatic carbocycles. The molecule has 2 aromatic rings. The number of aromatic nitrogens is 3. The van der Waals surface area contributed by atoms with E-state index in [4.69, 9.17) is 11.5 Å². The van der Waals surface area contributed by atoms with E-state index >= 15 is 0 Å². The van der Waals surface area contributed by atoms with Gasteiger partial charge in [-0.15, -0.1) is 22.6 Å². The largest absolute Gasteiger partial charge is 0.370 e. The molecule has 7 nitrogen and oxygen atoms in total. The van der Waals surface area contributed by atoms with Gasteiger partial charge in [-0.05, 0) is 6.42 Å². The van der Waals surface area contributed by atoms with Crippen LogP contribution in [0.2, 0.25) is 0 Å². The lowest BCUT2D eigenvalue weighted by Gasteiger charge is -2.21. The standard InChI is InChI=1S/C14H16N6O.ClH/c15-14(16)17-13(21)10-6-7-11-18-19-12(20(11)8-10)9-4-2-1-3-5-9;/h1-5,10H,6-8H2,(H4,15,16,17,21);1H. The Labute approximate surface area is 133 Å². The molecule has 1 aliphatic rings. The first-order chi connectivity index (χ1) is 10.1. The predicted octanol–water partition coefficient (Wildman–Crippen LogP) is 0.729. The van der Waals surface area contributed by atoms with Crippen molar-refractivity contribution in [3.63, 3.8) is 0 Å². The molecule has 1 unspecified atom stereocenters. The Morgan fingerprint density at radius 3 is 2.64 bits per heavy atom. The smallest absolute Gasteiger partial charge is 0.253 e. The van der Waals surface area contributed by atoms with E-state index in [1.165, 1.54) is 0 Å². The molecule has 1 aromatic heterocycles. The fourth-order valence-electron chi connectivity index (χ4n) is 2.55. The topological polar surface area (TPSA) is 112 Å². The summed E-state index contributed by atoms with van der Waals surface area (Å²) in [6.07, 6.45) is 1.37. The van der Waals surface area contributed by atoms with Gasteiger partial charge in [0.15, 0.2) is 11.8 Å². The Bertz CT molecular complexity index is 693. The molecule has 3 rings (SSSR count). The van der Waals surface area contributed by atoms with E-state index in [1.54, 1.807) is 0 Å². The number of fused-ring (bicyclic) bond motifs is 1. The number of halogens is 1. The average molecular weight is 321 g/mol. The van der Waals surface area contributed by atoms with E-state index < -0.39 is 0 Å². The molecule has 0 saturated carbocycles. The Hall–Kier alpha value is -2.41. The number of benzene rings is 1. The van der Waals surface area contributed by atoms with Crippen LogP contribution < -0.4 is 11.5 Å². The van der Waals surface area contributed by atoms with Gasteiger partial charge in [-0.1, -0.05) is 30.3 Å². The van der Waals surface area contributed by atoms with Crippen molar-refractivity contribution in [2.45, 2.75) is 19.4 Å². The molecule has 1 atom stereocenters. The molecule has 4 N–H and O–H groups in total. The Morgan fingerprint density at radius 1 is 1.23 bits per heavy atom. The number of amides is 1. The van der Waals surface area contributed by atoms with Gasteiger partial charge in [-0.25, -0.2) is 0 Å². The normalized spacial score (nSPS) is 16.3. The van der Waals surface area contributed by atoms with Gasteiger partial charge in [0, 0.05) is 18.5 Å². The molecule has 116 valence electrons. The van der Waals surface area contributed by atoms with Crippen molar-refractivity contribution in [1.82, 2.24) is 14.8 Å². The Kier molecular flexibility index (Phi) is 4.77. The van der Waals surface area contributed by atoms with E-state index in [9.17, 15) is 4.79 Å². The minimum Gasteiger partial charge on any atom is -0.370 e. The summed E-state index contributed by atoms with van der Waals surface area (Å²) in [4.78, 5) is 15.6. The molecule has 1 aliphatic heterocycles. The van der Waals surface area contributed by atoms with E-state index in [0.717, 1.165) is 17.2 Å². The number of hydrogen-bond acceptors (Lipinski definition) is 3. The number of carbonyl (C=O) groups excluding carboxylic acids is 1. The molecule has 0 saturated heterocycles. The lowest BCUT2D eigenvalue weighted by atomic mass is 9.98. The van der Waals surface area contributed by atoms with Gasteiger partial charge in [0.1, 0.15) is 5.82 Å². The summed E-state index contributed by atoms with van der Waals surface area (Å²) in [6, 6.07) is 9.78. The van der Waals surface area contributed by atoms with Crippen molar-refractivity contribution in [2.24, 2.45) is 22.4 Å². The van der Waals surface area contributed by atoms with E-state index in [0.29, 0.717) is 19.4 Å². The van der Waals surface area contributed by atoms with Gasteiger partial charge in [0.05, 0.1) is 5.92 Å². The number of aliphatic imine (C=N–C) groups is 1. The van der Waals surface area contributed by atoms with Crippen LogP contribution in [0.15, 0.2) is 35.3 Å². The summed E-state index contributed by atoms with van der Waals surface area (Å²) in [5, 5.41) is 8.44. The highest BCUT2D eigenvalue weighted by Crippen LogP contribution is 2.26. The van der Waals surface area contributed by atoms with Crippen molar-refractivity contribution >= 4 is 24.3 Å². The third-order valence-corrected chi connectivity index (χ3v) is 3.57. The molecule has 1 aromatic carbocycles. The lowest BCUT2D eigenvalue weighted by molar-refractivity contribution is -0.122. The summed E-state index contributed by atoms with van der Waals surface area (Å²) in [5.41, 5.74) is 11.5. The minimum atomic E-state index is -0.284. The van der Waals surface area contributed by atoms with Crippen molar-refractivity contribution in [3.8, 4) is 11.4 Å². The van der Waals surface area contributed by atoms with Crippen LogP contribution in [0.25, 0.3) is 11.4 Å². The van der Waals surface area contributed by atoms with Gasteiger partial charge in [-0.2, -0.15) is 4.99 Å². The first-order valence-electron chi connectivity index (χ1n) is 6.76. The molecule has 22 heavy (non-hydrogen) atoms. The zero-order chi connectivity index (χ0) is 14.8. The number of aryl methyl sites for hydroxylation is 1. The number of guanidine groups is 1. The molecular formula is C14H17ClN6O. The van der Waals surface area contributed by atoms with Crippen LogP contribution in [0.3, 0.4) is 0 Å². The minimum absolute atomic E-state index is 0. The van der Waals surface area contributed by atoms with Crippen LogP contribution in [-0.4, -0.2) is 26.6 Å². The number of carbonyl (C=O) groups is 1. The van der Waals surface area contributed by atoms with Crippen LogP contribution in [0.5, 0.6) is 0 Å². The first kappa shape index (κ1) is 16.0.